The molecular weight excluding hydrogens is 290 g/mol. The number of carbonyl (C=O) groups is 1. The van der Waals surface area contributed by atoms with Crippen molar-refractivity contribution in [2.75, 3.05) is 11.9 Å². The zero-order chi connectivity index (χ0) is 13.4. The van der Waals surface area contributed by atoms with Gasteiger partial charge in [-0.05, 0) is 38.5 Å². The average Bonchev–Trinajstić information content (AvgIpc) is 2.85. The first kappa shape index (κ1) is 16.0. The Labute approximate surface area is 121 Å². The highest BCUT2D eigenvalue weighted by atomic mass is 79.9. The predicted molar refractivity (Wildman–Crippen MR) is 81.1 cm³/mol. The third-order valence-corrected chi connectivity index (χ3v) is 4.64. The fourth-order valence-electron chi connectivity index (χ4n) is 2.93. The van der Waals surface area contributed by atoms with Gasteiger partial charge in [-0.25, -0.2) is 0 Å². The highest BCUT2D eigenvalue weighted by molar-refractivity contribution is 9.09. The van der Waals surface area contributed by atoms with Crippen molar-refractivity contribution < 1.29 is 4.79 Å². The Bertz CT molecular complexity index is 245. The van der Waals surface area contributed by atoms with Crippen molar-refractivity contribution >= 4 is 21.8 Å². The van der Waals surface area contributed by atoms with Gasteiger partial charge in [0.05, 0.1) is 0 Å². The van der Waals surface area contributed by atoms with Crippen LogP contribution in [-0.4, -0.2) is 28.7 Å². The lowest BCUT2D eigenvalue weighted by atomic mass is 9.97. The lowest BCUT2D eigenvalue weighted by Gasteiger charge is -2.28. The number of rotatable bonds is 8. The molecular formula is C15H28BrNO. The number of hydrogen-bond acceptors (Lipinski definition) is 1. The van der Waals surface area contributed by atoms with Gasteiger partial charge in [0.1, 0.15) is 0 Å². The summed E-state index contributed by atoms with van der Waals surface area (Å²) in [4.78, 5) is 14.8. The number of alkyl halides is 1. The van der Waals surface area contributed by atoms with Crippen LogP contribution in [0, 0.1) is 5.92 Å². The molecule has 1 fully saturated rings. The Balaban J connectivity index is 2.51. The zero-order valence-corrected chi connectivity index (χ0v) is 13.5. The summed E-state index contributed by atoms with van der Waals surface area (Å²) < 4.78 is 0. The van der Waals surface area contributed by atoms with E-state index in [9.17, 15) is 4.79 Å². The molecule has 2 nitrogen and oxygen atoms in total. The molecule has 0 aromatic rings. The Morgan fingerprint density at radius 2 is 2.17 bits per heavy atom. The molecule has 1 heterocycles. The summed E-state index contributed by atoms with van der Waals surface area (Å²) in [6, 6.07) is 0.519. The molecule has 3 heteroatoms. The standard InChI is InChI=1S/C15H28BrNO/c1-3-5-8-13(4-2)15(18)17-12-7-10-14(17)9-6-11-16/h13-14H,3-12H2,1-2H3. The van der Waals surface area contributed by atoms with Crippen LogP contribution in [-0.2, 0) is 4.79 Å². The Kier molecular flexibility index (Phi) is 7.96. The molecule has 1 aliphatic rings. The largest absolute Gasteiger partial charge is 0.339 e. The highest BCUT2D eigenvalue weighted by Crippen LogP contribution is 2.26. The van der Waals surface area contributed by atoms with E-state index in [0.29, 0.717) is 11.9 Å². The minimum absolute atomic E-state index is 0.273. The third kappa shape index (κ3) is 4.56. The topological polar surface area (TPSA) is 20.3 Å². The first-order valence-corrected chi connectivity index (χ1v) is 8.73. The van der Waals surface area contributed by atoms with Gasteiger partial charge in [0.2, 0.25) is 5.91 Å². The van der Waals surface area contributed by atoms with Crippen LogP contribution in [0.5, 0.6) is 0 Å². The average molecular weight is 318 g/mol. The van der Waals surface area contributed by atoms with E-state index in [1.165, 1.54) is 38.5 Å². The Morgan fingerprint density at radius 3 is 2.78 bits per heavy atom. The van der Waals surface area contributed by atoms with Gasteiger partial charge in [-0.3, -0.25) is 4.79 Å². The molecule has 18 heavy (non-hydrogen) atoms. The summed E-state index contributed by atoms with van der Waals surface area (Å²) in [6.07, 6.45) is 9.21. The van der Waals surface area contributed by atoms with Crippen LogP contribution >= 0.6 is 15.9 Å². The number of unbranched alkanes of at least 4 members (excludes halogenated alkanes) is 1. The SMILES string of the molecule is CCCCC(CC)C(=O)N1CCCC1CCCBr. The minimum atomic E-state index is 0.273. The molecule has 1 aliphatic heterocycles. The van der Waals surface area contributed by atoms with E-state index in [1.54, 1.807) is 0 Å². The van der Waals surface area contributed by atoms with Crippen LogP contribution in [0.4, 0.5) is 0 Å². The van der Waals surface area contributed by atoms with Crippen molar-refractivity contribution in [3.63, 3.8) is 0 Å². The molecule has 0 N–H and O–H groups in total. The molecule has 0 aliphatic carbocycles. The van der Waals surface area contributed by atoms with E-state index in [2.05, 4.69) is 34.7 Å². The molecule has 1 saturated heterocycles. The number of nitrogens with zero attached hydrogens (tertiary/aromatic N) is 1. The van der Waals surface area contributed by atoms with Crippen molar-refractivity contribution in [3.8, 4) is 0 Å². The number of hydrogen-bond donors (Lipinski definition) is 0. The quantitative estimate of drug-likeness (QED) is 0.609. The highest BCUT2D eigenvalue weighted by Gasteiger charge is 2.31. The maximum absolute atomic E-state index is 12.6. The van der Waals surface area contributed by atoms with Gasteiger partial charge in [-0.2, -0.15) is 0 Å². The van der Waals surface area contributed by atoms with Gasteiger partial charge in [0.15, 0.2) is 0 Å². The third-order valence-electron chi connectivity index (χ3n) is 4.08. The molecule has 1 amide bonds. The molecule has 0 radical (unpaired) electrons. The second-order valence-electron chi connectivity index (χ2n) is 5.41. The summed E-state index contributed by atoms with van der Waals surface area (Å²) in [5.41, 5.74) is 0. The lowest BCUT2D eigenvalue weighted by Crippen LogP contribution is -2.39. The Hall–Kier alpha value is -0.0500. The molecule has 0 spiro atoms. The van der Waals surface area contributed by atoms with Gasteiger partial charge in [-0.1, -0.05) is 42.6 Å². The maximum Gasteiger partial charge on any atom is 0.225 e. The maximum atomic E-state index is 12.6. The van der Waals surface area contributed by atoms with Gasteiger partial charge in [0, 0.05) is 23.8 Å². The predicted octanol–water partition coefficient (Wildman–Crippen LogP) is 4.37. The number of carbonyl (C=O) groups excluding carboxylic acids is 1. The first-order valence-electron chi connectivity index (χ1n) is 7.61. The number of halogens is 1. The summed E-state index contributed by atoms with van der Waals surface area (Å²) >= 11 is 3.49. The summed E-state index contributed by atoms with van der Waals surface area (Å²) in [6.45, 7) is 5.35. The van der Waals surface area contributed by atoms with Crippen molar-refractivity contribution in [1.82, 2.24) is 4.90 Å². The van der Waals surface area contributed by atoms with Gasteiger partial charge in [-0.15, -0.1) is 0 Å². The van der Waals surface area contributed by atoms with Crippen LogP contribution in [0.1, 0.15) is 65.2 Å². The van der Waals surface area contributed by atoms with E-state index in [-0.39, 0.29) is 5.92 Å². The van der Waals surface area contributed by atoms with Crippen LogP contribution in [0.25, 0.3) is 0 Å². The smallest absolute Gasteiger partial charge is 0.225 e. The molecule has 2 unspecified atom stereocenters. The lowest BCUT2D eigenvalue weighted by molar-refractivity contribution is -0.136. The normalized spacial score (nSPS) is 21.3. The van der Waals surface area contributed by atoms with E-state index >= 15 is 0 Å². The second kappa shape index (κ2) is 8.95. The van der Waals surface area contributed by atoms with E-state index < -0.39 is 0 Å². The van der Waals surface area contributed by atoms with Gasteiger partial charge >= 0.3 is 0 Å². The fourth-order valence-corrected chi connectivity index (χ4v) is 3.25. The summed E-state index contributed by atoms with van der Waals surface area (Å²) in [7, 11) is 0. The summed E-state index contributed by atoms with van der Waals surface area (Å²) in [5.74, 6) is 0.706. The molecule has 2 atom stereocenters. The van der Waals surface area contributed by atoms with Crippen molar-refractivity contribution in [1.29, 1.82) is 0 Å². The number of amides is 1. The van der Waals surface area contributed by atoms with Gasteiger partial charge in [0.25, 0.3) is 0 Å². The fraction of sp³-hybridized carbons (Fsp3) is 0.933. The first-order chi connectivity index (χ1) is 8.74. The van der Waals surface area contributed by atoms with Crippen LogP contribution < -0.4 is 0 Å². The molecule has 0 aromatic heterocycles. The zero-order valence-electron chi connectivity index (χ0n) is 12.0. The molecule has 0 aromatic carbocycles. The molecule has 1 rings (SSSR count). The van der Waals surface area contributed by atoms with Crippen molar-refractivity contribution in [2.45, 2.75) is 71.3 Å². The van der Waals surface area contributed by atoms with Crippen LogP contribution in [0.2, 0.25) is 0 Å². The van der Waals surface area contributed by atoms with E-state index in [4.69, 9.17) is 0 Å². The second-order valence-corrected chi connectivity index (χ2v) is 6.20. The van der Waals surface area contributed by atoms with E-state index in [1.807, 2.05) is 0 Å². The minimum Gasteiger partial charge on any atom is -0.339 e. The van der Waals surface area contributed by atoms with Crippen molar-refractivity contribution in [3.05, 3.63) is 0 Å². The molecule has 106 valence electrons. The van der Waals surface area contributed by atoms with Crippen LogP contribution in [0.15, 0.2) is 0 Å². The summed E-state index contributed by atoms with van der Waals surface area (Å²) in [5, 5.41) is 1.05. The number of likely N-dealkylation sites (tertiary alicyclic amines) is 1. The molecule has 0 bridgehead atoms. The Morgan fingerprint density at radius 1 is 1.39 bits per heavy atom. The van der Waals surface area contributed by atoms with Gasteiger partial charge < -0.3 is 4.90 Å². The monoisotopic (exact) mass is 317 g/mol. The van der Waals surface area contributed by atoms with Crippen molar-refractivity contribution in [2.24, 2.45) is 5.92 Å². The molecule has 0 saturated carbocycles. The van der Waals surface area contributed by atoms with Crippen LogP contribution in [0.3, 0.4) is 0 Å². The van der Waals surface area contributed by atoms with E-state index in [0.717, 1.165) is 24.7 Å².